The van der Waals surface area contributed by atoms with Gasteiger partial charge in [-0.05, 0) is 5.92 Å². The summed E-state index contributed by atoms with van der Waals surface area (Å²) >= 11 is 0. The van der Waals surface area contributed by atoms with Crippen molar-refractivity contribution in [2.45, 2.75) is 19.9 Å². The van der Waals surface area contributed by atoms with Crippen LogP contribution in [0.2, 0.25) is 0 Å². The molecule has 5 nitrogen and oxygen atoms in total. The minimum Gasteiger partial charge on any atom is -0.352 e. The second-order valence-corrected chi connectivity index (χ2v) is 2.93. The lowest BCUT2D eigenvalue weighted by molar-refractivity contribution is -0.123. The van der Waals surface area contributed by atoms with Crippen molar-refractivity contribution in [2.75, 3.05) is 13.2 Å². The molecule has 12 heavy (non-hydrogen) atoms. The average molecular weight is 175 g/mol. The molecule has 0 aliphatic heterocycles. The summed E-state index contributed by atoms with van der Waals surface area (Å²) in [6.45, 7) is 4.49. The number of nitrogens with one attached hydrogen (secondary N) is 1. The van der Waals surface area contributed by atoms with E-state index >= 15 is 0 Å². The van der Waals surface area contributed by atoms with Gasteiger partial charge in [0.05, 0.1) is 12.6 Å². The maximum atomic E-state index is 11.1. The summed E-state index contributed by atoms with van der Waals surface area (Å²) in [6, 6.07) is -0.456. The van der Waals surface area contributed by atoms with Crippen molar-refractivity contribution in [3.8, 4) is 0 Å². The number of carbonyl (C=O) groups excluding carboxylic acids is 1. The van der Waals surface area contributed by atoms with Crippen LogP contribution in [0.5, 0.6) is 0 Å². The van der Waals surface area contributed by atoms with E-state index in [4.69, 9.17) is 11.6 Å². The summed E-state index contributed by atoms with van der Waals surface area (Å²) in [5.41, 5.74) is 5.56. The summed E-state index contributed by atoms with van der Waals surface area (Å²) in [7, 11) is 0. The SMILES string of the molecule is CC(C)C(N)C(=O)NCCON. The quantitative estimate of drug-likeness (QED) is 0.368. The van der Waals surface area contributed by atoms with Crippen LogP contribution >= 0.6 is 0 Å². The summed E-state index contributed by atoms with van der Waals surface area (Å²) in [5, 5.41) is 2.60. The Morgan fingerprint density at radius 3 is 2.58 bits per heavy atom. The molecule has 72 valence electrons. The molecule has 0 bridgehead atoms. The van der Waals surface area contributed by atoms with Gasteiger partial charge in [0, 0.05) is 6.54 Å². The van der Waals surface area contributed by atoms with E-state index in [1.165, 1.54) is 0 Å². The number of nitrogens with two attached hydrogens (primary N) is 2. The van der Waals surface area contributed by atoms with Crippen molar-refractivity contribution in [3.63, 3.8) is 0 Å². The standard InChI is InChI=1S/C7H17N3O2/c1-5(2)6(8)7(11)10-3-4-12-9/h5-6H,3-4,8-9H2,1-2H3,(H,10,11). The molecular formula is C7H17N3O2. The van der Waals surface area contributed by atoms with Crippen LogP contribution in [-0.4, -0.2) is 25.1 Å². The van der Waals surface area contributed by atoms with Gasteiger partial charge >= 0.3 is 0 Å². The molecule has 0 heterocycles. The van der Waals surface area contributed by atoms with Gasteiger partial charge in [-0.25, -0.2) is 5.90 Å². The van der Waals surface area contributed by atoms with E-state index in [9.17, 15) is 4.79 Å². The van der Waals surface area contributed by atoms with Crippen LogP contribution < -0.4 is 16.9 Å². The Kier molecular flexibility index (Phi) is 5.61. The minimum absolute atomic E-state index is 0.142. The highest BCUT2D eigenvalue weighted by atomic mass is 16.6. The molecule has 0 saturated heterocycles. The van der Waals surface area contributed by atoms with Crippen LogP contribution in [0.3, 0.4) is 0 Å². The van der Waals surface area contributed by atoms with Crippen molar-refractivity contribution in [3.05, 3.63) is 0 Å². The molecule has 0 rings (SSSR count). The zero-order valence-electron chi connectivity index (χ0n) is 7.54. The summed E-state index contributed by atoms with van der Waals surface area (Å²) in [6.07, 6.45) is 0. The number of carbonyl (C=O) groups is 1. The zero-order valence-corrected chi connectivity index (χ0v) is 7.54. The Balaban J connectivity index is 3.57. The molecule has 5 heteroatoms. The fourth-order valence-corrected chi connectivity index (χ4v) is 0.654. The molecule has 0 aromatic heterocycles. The van der Waals surface area contributed by atoms with Gasteiger partial charge in [0.25, 0.3) is 0 Å². The minimum atomic E-state index is -0.456. The molecule has 0 aliphatic rings. The average Bonchev–Trinajstić information content (AvgIpc) is 2.03. The zero-order chi connectivity index (χ0) is 9.56. The van der Waals surface area contributed by atoms with E-state index in [0.29, 0.717) is 13.2 Å². The monoisotopic (exact) mass is 175 g/mol. The lowest BCUT2D eigenvalue weighted by Gasteiger charge is -2.14. The highest BCUT2D eigenvalue weighted by Crippen LogP contribution is 1.96. The van der Waals surface area contributed by atoms with Crippen LogP contribution in [0.4, 0.5) is 0 Å². The maximum absolute atomic E-state index is 11.1. The molecule has 1 amide bonds. The molecular weight excluding hydrogens is 158 g/mol. The predicted octanol–water partition coefficient (Wildman–Crippen LogP) is -1.02. The molecule has 0 radical (unpaired) electrons. The van der Waals surface area contributed by atoms with Gasteiger partial charge in [-0.3, -0.25) is 4.79 Å². The van der Waals surface area contributed by atoms with Crippen molar-refractivity contribution < 1.29 is 9.63 Å². The van der Waals surface area contributed by atoms with Crippen LogP contribution in [0.1, 0.15) is 13.8 Å². The van der Waals surface area contributed by atoms with Gasteiger partial charge in [0.15, 0.2) is 0 Å². The first-order valence-electron chi connectivity index (χ1n) is 3.94. The number of hydrogen-bond donors (Lipinski definition) is 3. The summed E-state index contributed by atoms with van der Waals surface area (Å²) in [5.74, 6) is 4.75. The molecule has 0 aliphatic carbocycles. The fraction of sp³-hybridized carbons (Fsp3) is 0.857. The third-order valence-corrected chi connectivity index (χ3v) is 1.54. The van der Waals surface area contributed by atoms with Crippen LogP contribution in [0, 0.1) is 5.92 Å². The Bertz CT molecular complexity index is 139. The Morgan fingerprint density at radius 2 is 2.17 bits per heavy atom. The molecule has 0 saturated carbocycles. The lowest BCUT2D eigenvalue weighted by Crippen LogP contribution is -2.44. The Labute approximate surface area is 72.4 Å². The second-order valence-electron chi connectivity index (χ2n) is 2.93. The first kappa shape index (κ1) is 11.4. The third-order valence-electron chi connectivity index (χ3n) is 1.54. The largest absolute Gasteiger partial charge is 0.352 e. The van der Waals surface area contributed by atoms with Crippen molar-refractivity contribution >= 4 is 5.91 Å². The van der Waals surface area contributed by atoms with Crippen molar-refractivity contribution in [2.24, 2.45) is 17.5 Å². The molecule has 0 fully saturated rings. The van der Waals surface area contributed by atoms with Gasteiger partial charge in [0.1, 0.15) is 0 Å². The summed E-state index contributed by atoms with van der Waals surface area (Å²) in [4.78, 5) is 15.4. The highest BCUT2D eigenvalue weighted by molar-refractivity contribution is 5.81. The van der Waals surface area contributed by atoms with E-state index in [1.54, 1.807) is 0 Å². The van der Waals surface area contributed by atoms with E-state index < -0.39 is 6.04 Å². The fourth-order valence-electron chi connectivity index (χ4n) is 0.654. The first-order valence-corrected chi connectivity index (χ1v) is 3.94. The molecule has 1 atom stereocenters. The van der Waals surface area contributed by atoms with Gasteiger partial charge in [-0.1, -0.05) is 13.8 Å². The summed E-state index contributed by atoms with van der Waals surface area (Å²) < 4.78 is 0. The van der Waals surface area contributed by atoms with E-state index in [2.05, 4.69) is 10.2 Å². The van der Waals surface area contributed by atoms with Crippen LogP contribution in [0.25, 0.3) is 0 Å². The molecule has 0 aromatic carbocycles. The van der Waals surface area contributed by atoms with Crippen LogP contribution in [0.15, 0.2) is 0 Å². The second kappa shape index (κ2) is 5.93. The smallest absolute Gasteiger partial charge is 0.237 e. The van der Waals surface area contributed by atoms with Crippen molar-refractivity contribution in [1.82, 2.24) is 5.32 Å². The van der Waals surface area contributed by atoms with Gasteiger partial charge in [0.2, 0.25) is 5.91 Å². The maximum Gasteiger partial charge on any atom is 0.237 e. The number of rotatable bonds is 5. The molecule has 0 aromatic rings. The Hall–Kier alpha value is -0.650. The van der Waals surface area contributed by atoms with E-state index in [0.717, 1.165) is 0 Å². The normalized spacial score (nSPS) is 13.1. The topological polar surface area (TPSA) is 90.4 Å². The number of amides is 1. The van der Waals surface area contributed by atoms with E-state index in [1.807, 2.05) is 13.8 Å². The van der Waals surface area contributed by atoms with Gasteiger partial charge in [-0.15, -0.1) is 0 Å². The highest BCUT2D eigenvalue weighted by Gasteiger charge is 2.15. The van der Waals surface area contributed by atoms with Gasteiger partial charge in [-0.2, -0.15) is 0 Å². The van der Waals surface area contributed by atoms with Gasteiger partial charge < -0.3 is 15.9 Å². The number of hydrogen-bond acceptors (Lipinski definition) is 4. The molecule has 1 unspecified atom stereocenters. The Morgan fingerprint density at radius 1 is 1.58 bits per heavy atom. The van der Waals surface area contributed by atoms with Crippen molar-refractivity contribution in [1.29, 1.82) is 0 Å². The van der Waals surface area contributed by atoms with Crippen LogP contribution in [-0.2, 0) is 9.63 Å². The van der Waals surface area contributed by atoms with E-state index in [-0.39, 0.29) is 11.8 Å². The molecule has 5 N–H and O–H groups in total. The first-order chi connectivity index (χ1) is 5.59. The third kappa shape index (κ3) is 4.27. The molecule has 0 spiro atoms. The lowest BCUT2D eigenvalue weighted by atomic mass is 10.1. The predicted molar refractivity (Wildman–Crippen MR) is 46.0 cm³/mol.